The number of halogens is 1. The number of nitrogens with one attached hydrogen (secondary N) is 2. The molecule has 0 unspecified atom stereocenters. The van der Waals surface area contributed by atoms with Crippen LogP contribution in [0, 0.1) is 20.8 Å². The van der Waals surface area contributed by atoms with Gasteiger partial charge in [0.05, 0.1) is 0 Å². The zero-order valence-corrected chi connectivity index (χ0v) is 13.9. The Morgan fingerprint density at radius 3 is 2.45 bits per heavy atom. The van der Waals surface area contributed by atoms with E-state index in [0.29, 0.717) is 13.0 Å². The molecule has 0 heterocycles. The van der Waals surface area contributed by atoms with Gasteiger partial charge >= 0.3 is 0 Å². The van der Waals surface area contributed by atoms with Gasteiger partial charge in [0, 0.05) is 29.4 Å². The monoisotopic (exact) mass is 316 g/mol. The molecule has 2 aromatic carbocycles. The number of rotatable bonds is 5. The Bertz CT molecular complexity index is 663. The molecule has 0 saturated carbocycles. The number of amides is 1. The van der Waals surface area contributed by atoms with Gasteiger partial charge in [0.25, 0.3) is 0 Å². The summed E-state index contributed by atoms with van der Waals surface area (Å²) < 4.78 is 0. The van der Waals surface area contributed by atoms with Gasteiger partial charge < -0.3 is 10.6 Å². The zero-order valence-electron chi connectivity index (χ0n) is 13.2. The average molecular weight is 317 g/mol. The van der Waals surface area contributed by atoms with E-state index in [-0.39, 0.29) is 5.91 Å². The van der Waals surface area contributed by atoms with Gasteiger partial charge in [-0.2, -0.15) is 0 Å². The van der Waals surface area contributed by atoms with E-state index in [1.54, 1.807) is 0 Å². The highest BCUT2D eigenvalue weighted by molar-refractivity contribution is 6.31. The molecule has 0 bridgehead atoms. The van der Waals surface area contributed by atoms with Crippen LogP contribution in [0.1, 0.15) is 23.1 Å². The molecule has 0 aliphatic heterocycles. The molecular formula is C18H21ClN2O. The Morgan fingerprint density at radius 1 is 1.09 bits per heavy atom. The first-order valence-corrected chi connectivity index (χ1v) is 7.70. The third kappa shape index (κ3) is 4.50. The molecule has 0 aliphatic carbocycles. The minimum Gasteiger partial charge on any atom is -0.384 e. The molecule has 2 rings (SSSR count). The molecule has 0 aromatic heterocycles. The first-order chi connectivity index (χ1) is 10.5. The lowest BCUT2D eigenvalue weighted by atomic mass is 10.1. The highest BCUT2D eigenvalue weighted by atomic mass is 35.5. The van der Waals surface area contributed by atoms with Crippen molar-refractivity contribution in [2.45, 2.75) is 27.2 Å². The lowest BCUT2D eigenvalue weighted by Gasteiger charge is -2.11. The van der Waals surface area contributed by atoms with Gasteiger partial charge in [-0.1, -0.05) is 23.7 Å². The molecule has 2 aromatic rings. The van der Waals surface area contributed by atoms with E-state index >= 15 is 0 Å². The van der Waals surface area contributed by atoms with Crippen molar-refractivity contribution >= 4 is 28.9 Å². The summed E-state index contributed by atoms with van der Waals surface area (Å²) in [5, 5.41) is 6.91. The number of aryl methyl sites for hydroxylation is 2. The van der Waals surface area contributed by atoms with Gasteiger partial charge in [-0.3, -0.25) is 4.79 Å². The average Bonchev–Trinajstić information content (AvgIpc) is 2.42. The van der Waals surface area contributed by atoms with Gasteiger partial charge in [0.15, 0.2) is 0 Å². The fourth-order valence-electron chi connectivity index (χ4n) is 2.38. The van der Waals surface area contributed by atoms with E-state index in [2.05, 4.69) is 16.7 Å². The fourth-order valence-corrected chi connectivity index (χ4v) is 2.55. The summed E-state index contributed by atoms with van der Waals surface area (Å²) in [6.45, 7) is 6.57. The van der Waals surface area contributed by atoms with Crippen molar-refractivity contribution in [1.82, 2.24) is 0 Å². The van der Waals surface area contributed by atoms with Crippen LogP contribution in [0.25, 0.3) is 0 Å². The molecule has 0 aliphatic rings. The number of hydrogen-bond acceptors (Lipinski definition) is 2. The van der Waals surface area contributed by atoms with Crippen molar-refractivity contribution in [3.05, 3.63) is 58.1 Å². The molecule has 0 saturated heterocycles. The summed E-state index contributed by atoms with van der Waals surface area (Å²) >= 11 is 6.07. The maximum Gasteiger partial charge on any atom is 0.226 e. The van der Waals surface area contributed by atoms with Crippen LogP contribution in [0.3, 0.4) is 0 Å². The Labute approximate surface area is 136 Å². The summed E-state index contributed by atoms with van der Waals surface area (Å²) in [6, 6.07) is 11.7. The second-order valence-corrected chi connectivity index (χ2v) is 5.92. The van der Waals surface area contributed by atoms with Crippen molar-refractivity contribution in [2.24, 2.45) is 0 Å². The van der Waals surface area contributed by atoms with Crippen LogP contribution in [-0.4, -0.2) is 12.5 Å². The first-order valence-electron chi connectivity index (χ1n) is 7.33. The normalized spacial score (nSPS) is 10.4. The van der Waals surface area contributed by atoms with E-state index in [1.807, 2.05) is 51.1 Å². The lowest BCUT2D eigenvalue weighted by molar-refractivity contribution is -0.115. The van der Waals surface area contributed by atoms with E-state index in [1.165, 1.54) is 0 Å². The van der Waals surface area contributed by atoms with Gasteiger partial charge in [0.1, 0.15) is 0 Å². The van der Waals surface area contributed by atoms with Crippen LogP contribution in [-0.2, 0) is 4.79 Å². The van der Waals surface area contributed by atoms with Gasteiger partial charge in [0.2, 0.25) is 5.91 Å². The SMILES string of the molecule is Cc1cc(C)cc(NC(=O)CCNc2cccc(Cl)c2C)c1. The van der Waals surface area contributed by atoms with Crippen LogP contribution in [0.4, 0.5) is 11.4 Å². The predicted octanol–water partition coefficient (Wildman–Crippen LogP) is 4.71. The maximum absolute atomic E-state index is 12.0. The van der Waals surface area contributed by atoms with Crippen LogP contribution < -0.4 is 10.6 Å². The van der Waals surface area contributed by atoms with Gasteiger partial charge in [-0.25, -0.2) is 0 Å². The van der Waals surface area contributed by atoms with Crippen LogP contribution in [0.5, 0.6) is 0 Å². The van der Waals surface area contributed by atoms with Crippen molar-refractivity contribution in [3.8, 4) is 0 Å². The van der Waals surface area contributed by atoms with Crippen LogP contribution >= 0.6 is 11.6 Å². The van der Waals surface area contributed by atoms with E-state index in [4.69, 9.17) is 11.6 Å². The Balaban J connectivity index is 1.86. The standard InChI is InChI=1S/C18H21ClN2O/c1-12-9-13(2)11-15(10-12)21-18(22)7-8-20-17-6-4-5-16(19)14(17)3/h4-6,9-11,20H,7-8H2,1-3H3,(H,21,22). The maximum atomic E-state index is 12.0. The highest BCUT2D eigenvalue weighted by Crippen LogP contribution is 2.22. The second kappa shape index (κ2) is 7.32. The van der Waals surface area contributed by atoms with Crippen molar-refractivity contribution in [2.75, 3.05) is 17.2 Å². The summed E-state index contributed by atoms with van der Waals surface area (Å²) in [6.07, 6.45) is 0.402. The largest absolute Gasteiger partial charge is 0.384 e. The molecule has 3 nitrogen and oxygen atoms in total. The summed E-state index contributed by atoms with van der Waals surface area (Å²) in [7, 11) is 0. The minimum atomic E-state index is -0.00261. The quantitative estimate of drug-likeness (QED) is 0.839. The number of carbonyl (C=O) groups is 1. The molecule has 0 radical (unpaired) electrons. The third-order valence-corrected chi connectivity index (χ3v) is 3.85. The molecule has 22 heavy (non-hydrogen) atoms. The number of carbonyl (C=O) groups excluding carboxylic acids is 1. The molecule has 116 valence electrons. The van der Waals surface area contributed by atoms with E-state index in [9.17, 15) is 4.79 Å². The third-order valence-electron chi connectivity index (χ3n) is 3.44. The minimum absolute atomic E-state index is 0.00261. The molecular weight excluding hydrogens is 296 g/mol. The number of benzene rings is 2. The van der Waals surface area contributed by atoms with E-state index in [0.717, 1.165) is 33.1 Å². The summed E-state index contributed by atoms with van der Waals surface area (Å²) in [4.78, 5) is 12.0. The molecule has 4 heteroatoms. The Morgan fingerprint density at radius 2 is 1.77 bits per heavy atom. The van der Waals surface area contributed by atoms with Gasteiger partial charge in [-0.15, -0.1) is 0 Å². The molecule has 2 N–H and O–H groups in total. The molecule has 0 spiro atoms. The van der Waals surface area contributed by atoms with E-state index < -0.39 is 0 Å². The molecule has 1 amide bonds. The van der Waals surface area contributed by atoms with Crippen LogP contribution in [0.2, 0.25) is 5.02 Å². The predicted molar refractivity (Wildman–Crippen MR) is 93.8 cm³/mol. The smallest absolute Gasteiger partial charge is 0.226 e. The summed E-state index contributed by atoms with van der Waals surface area (Å²) in [5.41, 5.74) is 5.10. The number of anilines is 2. The zero-order chi connectivity index (χ0) is 16.1. The first kappa shape index (κ1) is 16.4. The summed E-state index contributed by atoms with van der Waals surface area (Å²) in [5.74, 6) is -0.00261. The fraction of sp³-hybridized carbons (Fsp3) is 0.278. The second-order valence-electron chi connectivity index (χ2n) is 5.51. The molecule has 0 fully saturated rings. The highest BCUT2D eigenvalue weighted by Gasteiger charge is 2.05. The Kier molecular flexibility index (Phi) is 5.45. The van der Waals surface area contributed by atoms with Crippen molar-refractivity contribution in [1.29, 1.82) is 0 Å². The Hall–Kier alpha value is -2.00. The van der Waals surface area contributed by atoms with Crippen molar-refractivity contribution < 1.29 is 4.79 Å². The number of hydrogen-bond donors (Lipinski definition) is 2. The lowest BCUT2D eigenvalue weighted by Crippen LogP contribution is -2.16. The molecule has 0 atom stereocenters. The van der Waals surface area contributed by atoms with Crippen molar-refractivity contribution in [3.63, 3.8) is 0 Å². The van der Waals surface area contributed by atoms with Crippen LogP contribution in [0.15, 0.2) is 36.4 Å². The van der Waals surface area contributed by atoms with Gasteiger partial charge in [-0.05, 0) is 61.7 Å². The topological polar surface area (TPSA) is 41.1 Å².